The van der Waals surface area contributed by atoms with Crippen LogP contribution in [0.15, 0.2) is 0 Å². The fraction of sp³-hybridized carbons (Fsp3) is 1.00. The van der Waals surface area contributed by atoms with E-state index in [1.54, 1.807) is 0 Å². The first-order valence-corrected chi connectivity index (χ1v) is 10.3. The normalized spacial score (nSPS) is 10.6. The summed E-state index contributed by atoms with van der Waals surface area (Å²) < 4.78 is 0. The standard InChI is InChI=1S/C18H38BrN.BrH/c1-2-3-4-5-6-7-8-9-10-11-12-13-14-15-17-20-18-16-19;/h20H,2-18H2,1H3;1H. The van der Waals surface area contributed by atoms with Gasteiger partial charge in [0.25, 0.3) is 0 Å². The molecule has 0 heterocycles. The molecule has 0 radical (unpaired) electrons. The number of unbranched alkanes of at least 4 members (excludes halogenated alkanes) is 13. The zero-order valence-electron chi connectivity index (χ0n) is 14.3. The Bertz CT molecular complexity index is 147. The van der Waals surface area contributed by atoms with E-state index in [2.05, 4.69) is 28.2 Å². The summed E-state index contributed by atoms with van der Waals surface area (Å²) in [6.45, 7) is 4.60. The summed E-state index contributed by atoms with van der Waals surface area (Å²) >= 11 is 3.43. The average molecular weight is 429 g/mol. The SMILES string of the molecule is Br.CCCCCCCCCCCCCCCCNCCBr. The fourth-order valence-electron chi connectivity index (χ4n) is 2.64. The van der Waals surface area contributed by atoms with E-state index in [0.29, 0.717) is 0 Å². The smallest absolute Gasteiger partial charge is 0.0157 e. The van der Waals surface area contributed by atoms with Crippen molar-refractivity contribution in [2.45, 2.75) is 96.8 Å². The third-order valence-electron chi connectivity index (χ3n) is 3.98. The van der Waals surface area contributed by atoms with E-state index >= 15 is 0 Å². The van der Waals surface area contributed by atoms with Gasteiger partial charge in [-0.05, 0) is 13.0 Å². The predicted molar refractivity (Wildman–Crippen MR) is 107 cm³/mol. The Morgan fingerprint density at radius 1 is 0.571 bits per heavy atom. The molecule has 0 fully saturated rings. The van der Waals surface area contributed by atoms with Crippen LogP contribution in [0.25, 0.3) is 0 Å². The van der Waals surface area contributed by atoms with Gasteiger partial charge in [0, 0.05) is 11.9 Å². The molecule has 0 aliphatic heterocycles. The fourth-order valence-corrected chi connectivity index (χ4v) is 2.92. The second kappa shape index (κ2) is 23.2. The third-order valence-corrected chi connectivity index (χ3v) is 4.37. The summed E-state index contributed by atoms with van der Waals surface area (Å²) in [5, 5.41) is 4.51. The number of rotatable bonds is 17. The molecule has 0 aliphatic rings. The van der Waals surface area contributed by atoms with Crippen molar-refractivity contribution < 1.29 is 0 Å². The number of hydrogen-bond acceptors (Lipinski definition) is 1. The highest BCUT2D eigenvalue weighted by Gasteiger charge is 1.94. The minimum atomic E-state index is 0. The monoisotopic (exact) mass is 427 g/mol. The molecule has 0 aromatic heterocycles. The van der Waals surface area contributed by atoms with Gasteiger partial charge < -0.3 is 5.32 Å². The van der Waals surface area contributed by atoms with Crippen molar-refractivity contribution in [3.63, 3.8) is 0 Å². The molecule has 0 spiro atoms. The van der Waals surface area contributed by atoms with Gasteiger partial charge in [-0.25, -0.2) is 0 Å². The first-order valence-electron chi connectivity index (χ1n) is 9.18. The largest absolute Gasteiger partial charge is 0.316 e. The minimum absolute atomic E-state index is 0. The van der Waals surface area contributed by atoms with Gasteiger partial charge >= 0.3 is 0 Å². The summed E-state index contributed by atoms with van der Waals surface area (Å²) in [7, 11) is 0. The predicted octanol–water partition coefficient (Wildman–Crippen LogP) is 7.03. The lowest BCUT2D eigenvalue weighted by Crippen LogP contribution is -2.17. The van der Waals surface area contributed by atoms with E-state index in [9.17, 15) is 0 Å². The maximum absolute atomic E-state index is 3.43. The van der Waals surface area contributed by atoms with Gasteiger partial charge in [0.2, 0.25) is 0 Å². The van der Waals surface area contributed by atoms with Gasteiger partial charge in [-0.1, -0.05) is 106 Å². The highest BCUT2D eigenvalue weighted by molar-refractivity contribution is 9.09. The first-order chi connectivity index (χ1) is 9.91. The van der Waals surface area contributed by atoms with E-state index in [0.717, 1.165) is 11.9 Å². The zero-order chi connectivity index (χ0) is 14.7. The average Bonchev–Trinajstić information content (AvgIpc) is 2.47. The molecule has 21 heavy (non-hydrogen) atoms. The van der Waals surface area contributed by atoms with Crippen molar-refractivity contribution in [1.82, 2.24) is 5.32 Å². The van der Waals surface area contributed by atoms with Crippen LogP contribution in [0, 0.1) is 0 Å². The van der Waals surface area contributed by atoms with Crippen LogP contribution in [0.2, 0.25) is 0 Å². The first kappa shape index (κ1) is 24.2. The Labute approximate surface area is 153 Å². The molecule has 1 nitrogen and oxygen atoms in total. The van der Waals surface area contributed by atoms with Gasteiger partial charge in [-0.2, -0.15) is 0 Å². The molecule has 0 rings (SSSR count). The number of alkyl halides is 1. The number of hydrogen-bond donors (Lipinski definition) is 1. The summed E-state index contributed by atoms with van der Waals surface area (Å²) in [4.78, 5) is 0. The van der Waals surface area contributed by atoms with Gasteiger partial charge in [0.1, 0.15) is 0 Å². The highest BCUT2D eigenvalue weighted by atomic mass is 79.9. The Kier molecular flexibility index (Phi) is 26.7. The van der Waals surface area contributed by atoms with Crippen LogP contribution < -0.4 is 5.32 Å². The van der Waals surface area contributed by atoms with Crippen molar-refractivity contribution in [3.8, 4) is 0 Å². The van der Waals surface area contributed by atoms with Crippen LogP contribution >= 0.6 is 32.9 Å². The molecule has 1 N–H and O–H groups in total. The lowest BCUT2D eigenvalue weighted by molar-refractivity contribution is 0.531. The molecule has 0 aromatic carbocycles. The molecule has 0 bridgehead atoms. The van der Waals surface area contributed by atoms with Gasteiger partial charge in [0.15, 0.2) is 0 Å². The molecule has 0 aliphatic carbocycles. The topological polar surface area (TPSA) is 12.0 Å². The number of nitrogens with one attached hydrogen (secondary N) is 1. The third kappa shape index (κ3) is 23.3. The van der Waals surface area contributed by atoms with Crippen molar-refractivity contribution in [3.05, 3.63) is 0 Å². The van der Waals surface area contributed by atoms with Crippen LogP contribution in [-0.2, 0) is 0 Å². The molecule has 0 amide bonds. The number of halogens is 2. The molecule has 130 valence electrons. The maximum atomic E-state index is 3.43. The highest BCUT2D eigenvalue weighted by Crippen LogP contribution is 2.12. The molecule has 0 atom stereocenters. The van der Waals surface area contributed by atoms with E-state index in [-0.39, 0.29) is 17.0 Å². The Morgan fingerprint density at radius 2 is 0.952 bits per heavy atom. The van der Waals surface area contributed by atoms with Crippen LogP contribution in [0.1, 0.15) is 96.8 Å². The molecule has 3 heteroatoms. The molecular weight excluding hydrogens is 390 g/mol. The minimum Gasteiger partial charge on any atom is -0.316 e. The summed E-state index contributed by atoms with van der Waals surface area (Å²) in [6, 6.07) is 0. The molecule has 0 saturated heterocycles. The van der Waals surface area contributed by atoms with Crippen molar-refractivity contribution in [2.75, 3.05) is 18.4 Å². The van der Waals surface area contributed by atoms with Crippen LogP contribution in [0.3, 0.4) is 0 Å². The summed E-state index contributed by atoms with van der Waals surface area (Å²) in [5.41, 5.74) is 0. The van der Waals surface area contributed by atoms with Crippen molar-refractivity contribution >= 4 is 32.9 Å². The van der Waals surface area contributed by atoms with Gasteiger partial charge in [-0.15, -0.1) is 17.0 Å². The molecule has 0 unspecified atom stereocenters. The van der Waals surface area contributed by atoms with E-state index in [1.165, 1.54) is 96.4 Å². The Hall–Kier alpha value is 0.920. The summed E-state index contributed by atoms with van der Waals surface area (Å²) in [5.74, 6) is 0. The molecule has 0 saturated carbocycles. The van der Waals surface area contributed by atoms with Crippen molar-refractivity contribution in [2.24, 2.45) is 0 Å². The Morgan fingerprint density at radius 3 is 1.33 bits per heavy atom. The Balaban J connectivity index is 0. The second-order valence-corrected chi connectivity index (χ2v) is 6.83. The van der Waals surface area contributed by atoms with E-state index in [1.807, 2.05) is 0 Å². The van der Waals surface area contributed by atoms with Gasteiger partial charge in [-0.3, -0.25) is 0 Å². The maximum Gasteiger partial charge on any atom is 0.0157 e. The lowest BCUT2D eigenvalue weighted by atomic mass is 10.0. The zero-order valence-corrected chi connectivity index (χ0v) is 17.6. The van der Waals surface area contributed by atoms with Crippen LogP contribution in [-0.4, -0.2) is 18.4 Å². The van der Waals surface area contributed by atoms with E-state index in [4.69, 9.17) is 0 Å². The second-order valence-electron chi connectivity index (χ2n) is 6.04. The van der Waals surface area contributed by atoms with E-state index < -0.39 is 0 Å². The van der Waals surface area contributed by atoms with Crippen molar-refractivity contribution in [1.29, 1.82) is 0 Å². The molecule has 0 aromatic rings. The summed E-state index contributed by atoms with van der Waals surface area (Å²) in [6.07, 6.45) is 20.2. The van der Waals surface area contributed by atoms with Crippen LogP contribution in [0.5, 0.6) is 0 Å². The quantitative estimate of drug-likeness (QED) is 0.193. The van der Waals surface area contributed by atoms with Gasteiger partial charge in [0.05, 0.1) is 0 Å². The lowest BCUT2D eigenvalue weighted by Gasteiger charge is -2.04. The molecular formula is C18H39Br2N. The van der Waals surface area contributed by atoms with Crippen LogP contribution in [0.4, 0.5) is 0 Å².